The van der Waals surface area contributed by atoms with Crippen molar-refractivity contribution in [1.82, 2.24) is 19.9 Å². The second kappa shape index (κ2) is 9.54. The Balaban J connectivity index is 1.38. The quantitative estimate of drug-likeness (QED) is 0.639. The second-order valence-electron chi connectivity index (χ2n) is 8.54. The van der Waals surface area contributed by atoms with E-state index >= 15 is 0 Å². The Morgan fingerprint density at radius 3 is 2.39 bits per heavy atom. The molecule has 0 saturated carbocycles. The number of nitrogens with zero attached hydrogens (tertiary/aromatic N) is 4. The molecule has 1 saturated heterocycles. The number of carbonyl (C=O) groups is 2. The third-order valence-electron chi connectivity index (χ3n) is 6.05. The number of hydrogen-bond donors (Lipinski definition) is 1. The maximum atomic E-state index is 13.0. The Labute approximate surface area is 193 Å². The highest BCUT2D eigenvalue weighted by Crippen LogP contribution is 2.25. The van der Waals surface area contributed by atoms with E-state index in [0.29, 0.717) is 49.1 Å². The predicted molar refractivity (Wildman–Crippen MR) is 126 cm³/mol. The van der Waals surface area contributed by atoms with Crippen LogP contribution in [0.25, 0.3) is 11.4 Å². The molecule has 8 heteroatoms. The molecule has 2 heterocycles. The summed E-state index contributed by atoms with van der Waals surface area (Å²) in [6.45, 7) is 10.1. The zero-order chi connectivity index (χ0) is 23.5. The third kappa shape index (κ3) is 5.12. The molecule has 0 spiro atoms. The van der Waals surface area contributed by atoms with Crippen molar-refractivity contribution in [3.05, 3.63) is 65.0 Å². The van der Waals surface area contributed by atoms with E-state index in [1.807, 2.05) is 62.1 Å². The molecule has 33 heavy (non-hydrogen) atoms. The Bertz CT molecular complexity index is 1150. The molecule has 4 rings (SSSR count). The van der Waals surface area contributed by atoms with Crippen molar-refractivity contribution in [3.63, 3.8) is 0 Å². The molecule has 0 radical (unpaired) electrons. The summed E-state index contributed by atoms with van der Waals surface area (Å²) < 4.78 is 5.55. The van der Waals surface area contributed by atoms with Crippen LogP contribution in [0.3, 0.4) is 0 Å². The van der Waals surface area contributed by atoms with Crippen LogP contribution >= 0.6 is 0 Å². The molecule has 3 aromatic rings. The van der Waals surface area contributed by atoms with E-state index < -0.39 is 0 Å². The molecule has 0 aliphatic carbocycles. The molecule has 1 atom stereocenters. The number of hydrogen-bond acceptors (Lipinski definition) is 6. The van der Waals surface area contributed by atoms with Gasteiger partial charge in [0.2, 0.25) is 17.6 Å². The van der Waals surface area contributed by atoms with Crippen LogP contribution in [0, 0.1) is 13.8 Å². The van der Waals surface area contributed by atoms with Crippen molar-refractivity contribution in [2.24, 2.45) is 0 Å². The van der Waals surface area contributed by atoms with Gasteiger partial charge in [-0.1, -0.05) is 41.1 Å². The number of nitrogens with one attached hydrogen (secondary N) is 1. The average Bonchev–Trinajstić information content (AvgIpc) is 3.30. The monoisotopic (exact) mass is 447 g/mol. The van der Waals surface area contributed by atoms with Gasteiger partial charge in [-0.3, -0.25) is 14.5 Å². The zero-order valence-electron chi connectivity index (χ0n) is 19.5. The van der Waals surface area contributed by atoms with Gasteiger partial charge in [0.25, 0.3) is 5.91 Å². The molecule has 1 aliphatic heterocycles. The molecule has 1 fully saturated rings. The SMILES string of the molecule is CC(=O)Nc1cc(C(=O)N2CCN(C(C)c3nc(-c4ccc(C)cc4)no3)CC2)ccc1C. The molecule has 0 bridgehead atoms. The lowest BCUT2D eigenvalue weighted by Crippen LogP contribution is -2.49. The van der Waals surface area contributed by atoms with Crippen LogP contribution in [0.1, 0.15) is 47.3 Å². The van der Waals surface area contributed by atoms with Crippen molar-refractivity contribution in [2.75, 3.05) is 31.5 Å². The summed E-state index contributed by atoms with van der Waals surface area (Å²) in [6, 6.07) is 13.4. The smallest absolute Gasteiger partial charge is 0.254 e. The molecule has 1 aromatic heterocycles. The van der Waals surface area contributed by atoms with Gasteiger partial charge >= 0.3 is 0 Å². The van der Waals surface area contributed by atoms with Gasteiger partial charge in [-0.2, -0.15) is 4.98 Å². The second-order valence-corrected chi connectivity index (χ2v) is 8.54. The maximum absolute atomic E-state index is 13.0. The number of aromatic nitrogens is 2. The predicted octanol–water partition coefficient (Wildman–Crippen LogP) is 3.83. The summed E-state index contributed by atoms with van der Waals surface area (Å²) in [5.74, 6) is 0.967. The first kappa shape index (κ1) is 22.7. The van der Waals surface area contributed by atoms with Crippen LogP contribution in [-0.4, -0.2) is 57.9 Å². The van der Waals surface area contributed by atoms with E-state index in [1.54, 1.807) is 6.07 Å². The van der Waals surface area contributed by atoms with Crippen LogP contribution in [0.4, 0.5) is 5.69 Å². The maximum Gasteiger partial charge on any atom is 0.254 e. The largest absolute Gasteiger partial charge is 0.337 e. The molecule has 1 unspecified atom stereocenters. The summed E-state index contributed by atoms with van der Waals surface area (Å²) in [7, 11) is 0. The fourth-order valence-electron chi connectivity index (χ4n) is 3.96. The summed E-state index contributed by atoms with van der Waals surface area (Å²) in [4.78, 5) is 33.1. The van der Waals surface area contributed by atoms with Gasteiger partial charge in [0.1, 0.15) is 0 Å². The van der Waals surface area contributed by atoms with Crippen molar-refractivity contribution in [1.29, 1.82) is 0 Å². The molecule has 1 N–H and O–H groups in total. The number of rotatable bonds is 5. The third-order valence-corrected chi connectivity index (χ3v) is 6.05. The Hall–Kier alpha value is -3.52. The van der Waals surface area contributed by atoms with E-state index in [-0.39, 0.29) is 17.9 Å². The number of aryl methyl sites for hydroxylation is 2. The van der Waals surface area contributed by atoms with Gasteiger partial charge in [-0.25, -0.2) is 0 Å². The fourth-order valence-corrected chi connectivity index (χ4v) is 3.96. The fraction of sp³-hybridized carbons (Fsp3) is 0.360. The van der Waals surface area contributed by atoms with Crippen LogP contribution in [-0.2, 0) is 4.79 Å². The van der Waals surface area contributed by atoms with Gasteiger partial charge in [-0.05, 0) is 38.5 Å². The molecular weight excluding hydrogens is 418 g/mol. The number of carbonyl (C=O) groups excluding carboxylic acids is 2. The highest BCUT2D eigenvalue weighted by Gasteiger charge is 2.28. The highest BCUT2D eigenvalue weighted by molar-refractivity contribution is 5.97. The lowest BCUT2D eigenvalue weighted by molar-refractivity contribution is -0.114. The first-order valence-electron chi connectivity index (χ1n) is 11.1. The van der Waals surface area contributed by atoms with Crippen LogP contribution in [0.5, 0.6) is 0 Å². The van der Waals surface area contributed by atoms with Crippen LogP contribution < -0.4 is 5.32 Å². The first-order valence-corrected chi connectivity index (χ1v) is 11.1. The van der Waals surface area contributed by atoms with Crippen LogP contribution in [0.2, 0.25) is 0 Å². The average molecular weight is 448 g/mol. The normalized spacial score (nSPS) is 15.3. The van der Waals surface area contributed by atoms with Gasteiger partial charge < -0.3 is 14.7 Å². The Morgan fingerprint density at radius 2 is 1.73 bits per heavy atom. The standard InChI is InChI=1S/C25H29N5O3/c1-16-5-8-20(9-6-16)23-27-24(33-28-23)18(3)29-11-13-30(14-12-29)25(32)21-10-7-17(2)22(15-21)26-19(4)31/h5-10,15,18H,11-14H2,1-4H3,(H,26,31). The summed E-state index contributed by atoms with van der Waals surface area (Å²) >= 11 is 0. The zero-order valence-corrected chi connectivity index (χ0v) is 19.5. The minimum absolute atomic E-state index is 0.0339. The van der Waals surface area contributed by atoms with Gasteiger partial charge in [0, 0.05) is 49.9 Å². The van der Waals surface area contributed by atoms with Gasteiger partial charge in [0.15, 0.2) is 0 Å². The number of benzene rings is 2. The van der Waals surface area contributed by atoms with Crippen molar-refractivity contribution < 1.29 is 14.1 Å². The van der Waals surface area contributed by atoms with E-state index in [9.17, 15) is 9.59 Å². The lowest BCUT2D eigenvalue weighted by atomic mass is 10.1. The lowest BCUT2D eigenvalue weighted by Gasteiger charge is -2.36. The molecule has 2 amide bonds. The van der Waals surface area contributed by atoms with Gasteiger partial charge in [-0.15, -0.1) is 0 Å². The van der Waals surface area contributed by atoms with Crippen molar-refractivity contribution in [3.8, 4) is 11.4 Å². The topological polar surface area (TPSA) is 91.6 Å². The molecule has 172 valence electrons. The first-order chi connectivity index (χ1) is 15.8. The highest BCUT2D eigenvalue weighted by atomic mass is 16.5. The number of piperazine rings is 1. The minimum atomic E-state index is -0.156. The Morgan fingerprint density at radius 1 is 1.03 bits per heavy atom. The number of anilines is 1. The van der Waals surface area contributed by atoms with E-state index in [4.69, 9.17) is 4.52 Å². The molecule has 1 aliphatic rings. The summed E-state index contributed by atoms with van der Waals surface area (Å²) in [5.41, 5.74) is 4.27. The van der Waals surface area contributed by atoms with Gasteiger partial charge in [0.05, 0.1) is 6.04 Å². The van der Waals surface area contributed by atoms with Crippen molar-refractivity contribution >= 4 is 17.5 Å². The van der Waals surface area contributed by atoms with E-state index in [0.717, 1.165) is 11.1 Å². The Kier molecular flexibility index (Phi) is 6.55. The number of amides is 2. The molecule has 8 nitrogen and oxygen atoms in total. The van der Waals surface area contributed by atoms with Crippen LogP contribution in [0.15, 0.2) is 47.0 Å². The summed E-state index contributed by atoms with van der Waals surface area (Å²) in [5, 5.41) is 6.93. The minimum Gasteiger partial charge on any atom is -0.337 e. The van der Waals surface area contributed by atoms with E-state index in [1.165, 1.54) is 12.5 Å². The molecule has 2 aromatic carbocycles. The van der Waals surface area contributed by atoms with Crippen molar-refractivity contribution in [2.45, 2.75) is 33.7 Å². The van der Waals surface area contributed by atoms with E-state index in [2.05, 4.69) is 20.4 Å². The molecular formula is C25H29N5O3. The summed E-state index contributed by atoms with van der Waals surface area (Å²) in [6.07, 6.45) is 0.